The standard InChI is InChI=1S/C19H24ClFO2/c1-2-3-13-4-6-14(7-5-13)16-11-22-19(23-12-16)15-8-9-17(20)18(21)10-15/h2-3,8-10,13-14,16,19H,4-7,11-12H2,1H3. The van der Waals surface area contributed by atoms with Crippen molar-refractivity contribution in [1.82, 2.24) is 0 Å². The smallest absolute Gasteiger partial charge is 0.183 e. The van der Waals surface area contributed by atoms with Gasteiger partial charge in [-0.05, 0) is 56.6 Å². The molecule has 2 nitrogen and oxygen atoms in total. The van der Waals surface area contributed by atoms with Crippen LogP contribution in [0, 0.1) is 23.6 Å². The second kappa shape index (κ2) is 7.78. The average Bonchev–Trinajstić information content (AvgIpc) is 2.59. The first-order valence-corrected chi connectivity index (χ1v) is 8.86. The van der Waals surface area contributed by atoms with Crippen LogP contribution in [0.4, 0.5) is 4.39 Å². The Balaban J connectivity index is 1.51. The van der Waals surface area contributed by atoms with Crippen LogP contribution in [-0.4, -0.2) is 13.2 Å². The van der Waals surface area contributed by atoms with Crippen molar-refractivity contribution < 1.29 is 13.9 Å². The van der Waals surface area contributed by atoms with Crippen LogP contribution < -0.4 is 0 Å². The summed E-state index contributed by atoms with van der Waals surface area (Å²) in [5, 5.41) is 0.125. The van der Waals surface area contributed by atoms with Crippen molar-refractivity contribution in [2.75, 3.05) is 13.2 Å². The second-order valence-electron chi connectivity index (χ2n) is 6.63. The zero-order valence-electron chi connectivity index (χ0n) is 13.5. The highest BCUT2D eigenvalue weighted by molar-refractivity contribution is 6.30. The first kappa shape index (κ1) is 16.9. The van der Waals surface area contributed by atoms with Gasteiger partial charge in [0.05, 0.1) is 18.2 Å². The summed E-state index contributed by atoms with van der Waals surface area (Å²) in [6, 6.07) is 4.71. The minimum absolute atomic E-state index is 0.125. The third-order valence-electron chi connectivity index (χ3n) is 5.09. The van der Waals surface area contributed by atoms with E-state index in [1.807, 2.05) is 0 Å². The van der Waals surface area contributed by atoms with Gasteiger partial charge in [-0.3, -0.25) is 0 Å². The molecular formula is C19H24ClFO2. The lowest BCUT2D eigenvalue weighted by atomic mass is 9.76. The lowest BCUT2D eigenvalue weighted by Crippen LogP contribution is -2.34. The zero-order chi connectivity index (χ0) is 16.2. The summed E-state index contributed by atoms with van der Waals surface area (Å²) in [7, 11) is 0. The summed E-state index contributed by atoms with van der Waals surface area (Å²) >= 11 is 5.72. The molecule has 0 radical (unpaired) electrons. The average molecular weight is 339 g/mol. The first-order chi connectivity index (χ1) is 11.2. The molecule has 1 saturated carbocycles. The van der Waals surface area contributed by atoms with Gasteiger partial charge in [0, 0.05) is 11.5 Å². The molecule has 1 aliphatic carbocycles. The Labute approximate surface area is 142 Å². The molecule has 0 aromatic heterocycles. The quantitative estimate of drug-likeness (QED) is 0.675. The summed E-state index contributed by atoms with van der Waals surface area (Å²) in [5.41, 5.74) is 0.696. The third kappa shape index (κ3) is 4.14. The van der Waals surface area contributed by atoms with E-state index in [-0.39, 0.29) is 5.02 Å². The maximum Gasteiger partial charge on any atom is 0.183 e. The van der Waals surface area contributed by atoms with E-state index in [9.17, 15) is 4.39 Å². The number of hydrogen-bond acceptors (Lipinski definition) is 2. The largest absolute Gasteiger partial charge is 0.348 e. The Morgan fingerprint density at radius 1 is 1.09 bits per heavy atom. The van der Waals surface area contributed by atoms with Gasteiger partial charge in [0.25, 0.3) is 0 Å². The van der Waals surface area contributed by atoms with E-state index in [4.69, 9.17) is 21.1 Å². The highest BCUT2D eigenvalue weighted by Gasteiger charge is 2.32. The van der Waals surface area contributed by atoms with Crippen LogP contribution in [0.5, 0.6) is 0 Å². The van der Waals surface area contributed by atoms with Crippen molar-refractivity contribution in [3.05, 3.63) is 46.8 Å². The first-order valence-electron chi connectivity index (χ1n) is 8.48. The molecule has 1 heterocycles. The van der Waals surface area contributed by atoms with Crippen molar-refractivity contribution in [2.24, 2.45) is 17.8 Å². The van der Waals surface area contributed by atoms with Crippen LogP contribution in [-0.2, 0) is 9.47 Å². The van der Waals surface area contributed by atoms with E-state index >= 15 is 0 Å². The van der Waals surface area contributed by atoms with E-state index in [0.29, 0.717) is 30.6 Å². The van der Waals surface area contributed by atoms with E-state index in [2.05, 4.69) is 19.1 Å². The van der Waals surface area contributed by atoms with Gasteiger partial charge < -0.3 is 9.47 Å². The fourth-order valence-corrected chi connectivity index (χ4v) is 3.84. The summed E-state index contributed by atoms with van der Waals surface area (Å²) in [5.74, 6) is 1.45. The van der Waals surface area contributed by atoms with E-state index < -0.39 is 12.1 Å². The molecule has 1 saturated heterocycles. The number of hydrogen-bond donors (Lipinski definition) is 0. The molecule has 0 amide bonds. The molecule has 0 atom stereocenters. The highest BCUT2D eigenvalue weighted by atomic mass is 35.5. The number of allylic oxidation sites excluding steroid dienone is 2. The Morgan fingerprint density at radius 2 is 1.78 bits per heavy atom. The fourth-order valence-electron chi connectivity index (χ4n) is 3.72. The molecule has 1 aliphatic heterocycles. The van der Waals surface area contributed by atoms with Crippen molar-refractivity contribution in [3.8, 4) is 0 Å². The van der Waals surface area contributed by atoms with Gasteiger partial charge in [-0.15, -0.1) is 0 Å². The van der Waals surface area contributed by atoms with Gasteiger partial charge >= 0.3 is 0 Å². The maximum absolute atomic E-state index is 13.6. The number of halogens is 2. The van der Waals surface area contributed by atoms with Crippen LogP contribution in [0.2, 0.25) is 5.02 Å². The van der Waals surface area contributed by atoms with Gasteiger partial charge in [0.2, 0.25) is 0 Å². The Hall–Kier alpha value is -0.900. The summed E-state index contributed by atoms with van der Waals surface area (Å²) in [6.45, 7) is 3.47. The molecule has 2 fully saturated rings. The molecule has 1 aromatic carbocycles. The Bertz CT molecular complexity index is 544. The van der Waals surface area contributed by atoms with Gasteiger partial charge in [-0.1, -0.05) is 29.8 Å². The topological polar surface area (TPSA) is 18.5 Å². The minimum Gasteiger partial charge on any atom is -0.348 e. The van der Waals surface area contributed by atoms with Crippen LogP contribution in [0.1, 0.15) is 44.5 Å². The molecule has 3 rings (SSSR count). The van der Waals surface area contributed by atoms with Gasteiger partial charge in [0.15, 0.2) is 6.29 Å². The molecular weight excluding hydrogens is 315 g/mol. The van der Waals surface area contributed by atoms with Crippen LogP contribution in [0.15, 0.2) is 30.4 Å². The van der Waals surface area contributed by atoms with Gasteiger partial charge in [-0.2, -0.15) is 0 Å². The SMILES string of the molecule is CC=CC1CCC(C2COC(c3ccc(Cl)c(F)c3)OC2)CC1. The van der Waals surface area contributed by atoms with E-state index in [1.54, 1.807) is 12.1 Å². The Morgan fingerprint density at radius 3 is 2.39 bits per heavy atom. The molecule has 126 valence electrons. The normalized spacial score (nSPS) is 32.3. The fraction of sp³-hybridized carbons (Fsp3) is 0.579. The molecule has 0 unspecified atom stereocenters. The van der Waals surface area contributed by atoms with E-state index in [0.717, 1.165) is 5.92 Å². The van der Waals surface area contributed by atoms with Crippen LogP contribution in [0.3, 0.4) is 0 Å². The Kier molecular flexibility index (Phi) is 5.73. The predicted molar refractivity (Wildman–Crippen MR) is 89.8 cm³/mol. The predicted octanol–water partition coefficient (Wildman–Crippen LogP) is 5.52. The van der Waals surface area contributed by atoms with Crippen LogP contribution in [0.25, 0.3) is 0 Å². The summed E-state index contributed by atoms with van der Waals surface area (Å²) in [4.78, 5) is 0. The van der Waals surface area contributed by atoms with Gasteiger partial charge in [0.1, 0.15) is 5.82 Å². The molecule has 2 aliphatic rings. The minimum atomic E-state index is -0.475. The lowest BCUT2D eigenvalue weighted by molar-refractivity contribution is -0.214. The number of rotatable bonds is 3. The van der Waals surface area contributed by atoms with Crippen molar-refractivity contribution >= 4 is 11.6 Å². The number of ether oxygens (including phenoxy) is 2. The van der Waals surface area contributed by atoms with Crippen molar-refractivity contribution in [1.29, 1.82) is 0 Å². The number of benzene rings is 1. The molecule has 1 aromatic rings. The molecule has 0 N–H and O–H groups in total. The lowest BCUT2D eigenvalue weighted by Gasteiger charge is -2.37. The summed E-state index contributed by atoms with van der Waals surface area (Å²) < 4.78 is 25.3. The molecule has 4 heteroatoms. The zero-order valence-corrected chi connectivity index (χ0v) is 14.3. The van der Waals surface area contributed by atoms with E-state index in [1.165, 1.54) is 31.7 Å². The van der Waals surface area contributed by atoms with Crippen molar-refractivity contribution in [3.63, 3.8) is 0 Å². The highest BCUT2D eigenvalue weighted by Crippen LogP contribution is 2.37. The second-order valence-corrected chi connectivity index (χ2v) is 7.04. The molecule has 0 spiro atoms. The van der Waals surface area contributed by atoms with Crippen molar-refractivity contribution in [2.45, 2.75) is 38.9 Å². The molecule has 23 heavy (non-hydrogen) atoms. The van der Waals surface area contributed by atoms with Crippen LogP contribution >= 0.6 is 11.6 Å². The van der Waals surface area contributed by atoms with Gasteiger partial charge in [-0.25, -0.2) is 4.39 Å². The monoisotopic (exact) mass is 338 g/mol. The maximum atomic E-state index is 13.6. The molecule has 0 bridgehead atoms. The summed E-state index contributed by atoms with van der Waals surface area (Å²) in [6.07, 6.45) is 9.02. The third-order valence-corrected chi connectivity index (χ3v) is 5.39.